The Kier molecular flexibility index (Phi) is 6.58. The fourth-order valence-corrected chi connectivity index (χ4v) is 7.60. The van der Waals surface area contributed by atoms with Gasteiger partial charge in [0.1, 0.15) is 0 Å². The van der Waals surface area contributed by atoms with Gasteiger partial charge in [0.05, 0.1) is 34.3 Å². The number of nitriles is 2. The monoisotopic (exact) mass is 621 g/mol. The first-order chi connectivity index (χ1) is 24.2. The largest absolute Gasteiger partial charge is 0.309 e. The molecule has 9 aromatic rings. The molecule has 3 nitrogen and oxygen atoms in total. The number of nitrogens with zero attached hydrogens (tertiary/aromatic N) is 3. The Morgan fingerprint density at radius 2 is 0.878 bits per heavy atom. The molecule has 0 radical (unpaired) electrons. The van der Waals surface area contributed by atoms with E-state index in [2.05, 4.69) is 162 Å². The highest BCUT2D eigenvalue weighted by Crippen LogP contribution is 2.47. The Balaban J connectivity index is 1.33. The molecule has 0 unspecified atom stereocenters. The quantitative estimate of drug-likeness (QED) is 0.184. The van der Waals surface area contributed by atoms with Crippen LogP contribution in [0.25, 0.3) is 82.4 Å². The van der Waals surface area contributed by atoms with Gasteiger partial charge in [-0.3, -0.25) is 0 Å². The second-order valence-electron chi connectivity index (χ2n) is 12.3. The summed E-state index contributed by atoms with van der Waals surface area (Å²) in [7, 11) is 0. The van der Waals surface area contributed by atoms with Crippen molar-refractivity contribution in [3.05, 3.63) is 175 Å². The van der Waals surface area contributed by atoms with Gasteiger partial charge in [-0.25, -0.2) is 0 Å². The van der Waals surface area contributed by atoms with E-state index in [1.807, 2.05) is 12.1 Å². The molecule has 0 aliphatic carbocycles. The molecule has 1 heterocycles. The molecule has 1 aromatic heterocycles. The van der Waals surface area contributed by atoms with Gasteiger partial charge < -0.3 is 4.57 Å². The average molecular weight is 622 g/mol. The van der Waals surface area contributed by atoms with Crippen LogP contribution in [-0.4, -0.2) is 4.57 Å². The molecule has 0 atom stereocenters. The summed E-state index contributed by atoms with van der Waals surface area (Å²) < 4.78 is 2.30. The summed E-state index contributed by atoms with van der Waals surface area (Å²) >= 11 is 0. The second-order valence-corrected chi connectivity index (χ2v) is 12.3. The number of benzene rings is 8. The molecule has 3 heteroatoms. The number of fused-ring (bicyclic) bond motifs is 5. The van der Waals surface area contributed by atoms with Gasteiger partial charge in [-0.2, -0.15) is 10.5 Å². The molecule has 0 spiro atoms. The van der Waals surface area contributed by atoms with Crippen LogP contribution in [0.15, 0.2) is 164 Å². The van der Waals surface area contributed by atoms with Crippen LogP contribution in [0.2, 0.25) is 0 Å². The molecule has 8 aromatic carbocycles. The van der Waals surface area contributed by atoms with Crippen molar-refractivity contribution >= 4 is 43.4 Å². The fraction of sp³-hybridized carbons (Fsp3) is 0. The third kappa shape index (κ3) is 4.42. The van der Waals surface area contributed by atoms with Crippen LogP contribution in [0.1, 0.15) is 11.1 Å². The minimum atomic E-state index is 0.455. The first-order valence-corrected chi connectivity index (χ1v) is 16.3. The van der Waals surface area contributed by atoms with Gasteiger partial charge in [-0.1, -0.05) is 127 Å². The smallest absolute Gasteiger partial charge is 0.0998 e. The molecular formula is C46H27N3. The van der Waals surface area contributed by atoms with E-state index in [0.717, 1.165) is 66.1 Å². The van der Waals surface area contributed by atoms with Crippen LogP contribution in [-0.2, 0) is 0 Å². The van der Waals surface area contributed by atoms with E-state index in [1.54, 1.807) is 6.07 Å². The van der Waals surface area contributed by atoms with Crippen molar-refractivity contribution in [3.8, 4) is 51.2 Å². The van der Waals surface area contributed by atoms with Crippen molar-refractivity contribution in [3.63, 3.8) is 0 Å². The second kappa shape index (κ2) is 11.4. The van der Waals surface area contributed by atoms with Crippen molar-refractivity contribution in [2.45, 2.75) is 0 Å². The molecular weight excluding hydrogens is 595 g/mol. The van der Waals surface area contributed by atoms with E-state index in [4.69, 9.17) is 0 Å². The Labute approximate surface area is 283 Å². The lowest BCUT2D eigenvalue weighted by Gasteiger charge is -2.21. The molecule has 0 N–H and O–H groups in total. The van der Waals surface area contributed by atoms with Crippen LogP contribution in [0.3, 0.4) is 0 Å². The predicted octanol–water partition coefficient (Wildman–Crippen LogP) is 11.8. The van der Waals surface area contributed by atoms with Crippen molar-refractivity contribution < 1.29 is 0 Å². The number of hydrogen-bond donors (Lipinski definition) is 0. The van der Waals surface area contributed by atoms with Crippen LogP contribution < -0.4 is 0 Å². The zero-order chi connectivity index (χ0) is 32.9. The summed E-state index contributed by atoms with van der Waals surface area (Å²) in [5.41, 5.74) is 10.2. The Bertz CT molecular complexity index is 2720. The average Bonchev–Trinajstić information content (AvgIpc) is 3.51. The number of hydrogen-bond acceptors (Lipinski definition) is 2. The van der Waals surface area contributed by atoms with Gasteiger partial charge in [0.25, 0.3) is 0 Å². The van der Waals surface area contributed by atoms with Crippen molar-refractivity contribution in [2.75, 3.05) is 0 Å². The highest BCUT2D eigenvalue weighted by Gasteiger charge is 2.22. The molecule has 49 heavy (non-hydrogen) atoms. The Morgan fingerprint density at radius 3 is 1.41 bits per heavy atom. The van der Waals surface area contributed by atoms with Gasteiger partial charge in [0, 0.05) is 22.0 Å². The van der Waals surface area contributed by atoms with Gasteiger partial charge in [0.2, 0.25) is 0 Å². The van der Waals surface area contributed by atoms with Gasteiger partial charge >= 0.3 is 0 Å². The van der Waals surface area contributed by atoms with E-state index < -0.39 is 0 Å². The molecule has 0 bridgehead atoms. The van der Waals surface area contributed by atoms with E-state index in [9.17, 15) is 10.5 Å². The molecule has 0 saturated heterocycles. The molecule has 0 amide bonds. The summed E-state index contributed by atoms with van der Waals surface area (Å²) in [4.78, 5) is 0. The molecule has 0 aliphatic heterocycles. The first kappa shape index (κ1) is 28.3. The lowest BCUT2D eigenvalue weighted by atomic mass is 9.81. The summed E-state index contributed by atoms with van der Waals surface area (Å²) in [6.07, 6.45) is 0. The maximum atomic E-state index is 10.7. The summed E-state index contributed by atoms with van der Waals surface area (Å²) in [6, 6.07) is 61.3. The van der Waals surface area contributed by atoms with E-state index in [1.165, 1.54) is 16.3 Å². The van der Waals surface area contributed by atoms with Gasteiger partial charge in [-0.05, 0) is 85.8 Å². The number of rotatable bonds is 4. The summed E-state index contributed by atoms with van der Waals surface area (Å²) in [6.45, 7) is 0. The van der Waals surface area contributed by atoms with E-state index in [0.29, 0.717) is 11.1 Å². The lowest BCUT2D eigenvalue weighted by Crippen LogP contribution is -1.97. The maximum Gasteiger partial charge on any atom is 0.0998 e. The minimum absolute atomic E-state index is 0.455. The Hall–Kier alpha value is -6.94. The zero-order valence-corrected chi connectivity index (χ0v) is 26.4. The van der Waals surface area contributed by atoms with E-state index >= 15 is 0 Å². The van der Waals surface area contributed by atoms with Crippen LogP contribution in [0.4, 0.5) is 0 Å². The van der Waals surface area contributed by atoms with Crippen LogP contribution >= 0.6 is 0 Å². The van der Waals surface area contributed by atoms with Crippen molar-refractivity contribution in [1.82, 2.24) is 4.57 Å². The topological polar surface area (TPSA) is 52.5 Å². The predicted molar refractivity (Wildman–Crippen MR) is 202 cm³/mol. The highest BCUT2D eigenvalue weighted by atomic mass is 15.0. The number of aromatic nitrogens is 1. The fourth-order valence-electron chi connectivity index (χ4n) is 7.60. The standard InChI is InChI=1S/C46H27N3/c47-28-30-26-33(29-48)45(46-39-18-6-4-16-37(39)44(32-12-2-1-3-13-32)38-17-5-7-19-40(38)46)41(27-30)31-22-24-34(25-23-31)49-42-20-10-8-14-35(42)36-15-9-11-21-43(36)49/h1-27H. The Morgan fingerprint density at radius 1 is 0.388 bits per heavy atom. The number of para-hydroxylation sites is 2. The molecule has 226 valence electrons. The summed E-state index contributed by atoms with van der Waals surface area (Å²) in [5.74, 6) is 0. The van der Waals surface area contributed by atoms with Gasteiger partial charge in [-0.15, -0.1) is 0 Å². The van der Waals surface area contributed by atoms with Crippen LogP contribution in [0, 0.1) is 22.7 Å². The molecule has 0 saturated carbocycles. The normalized spacial score (nSPS) is 11.2. The van der Waals surface area contributed by atoms with E-state index in [-0.39, 0.29) is 0 Å². The first-order valence-electron chi connectivity index (χ1n) is 16.3. The minimum Gasteiger partial charge on any atom is -0.309 e. The third-order valence-electron chi connectivity index (χ3n) is 9.65. The van der Waals surface area contributed by atoms with Crippen molar-refractivity contribution in [2.24, 2.45) is 0 Å². The van der Waals surface area contributed by atoms with Gasteiger partial charge in [0.15, 0.2) is 0 Å². The molecule has 0 aliphatic rings. The summed E-state index contributed by atoms with van der Waals surface area (Å²) in [5, 5.41) is 27.5. The molecule has 9 rings (SSSR count). The highest BCUT2D eigenvalue weighted by molar-refractivity contribution is 6.23. The lowest BCUT2D eigenvalue weighted by molar-refractivity contribution is 1.18. The van der Waals surface area contributed by atoms with Crippen molar-refractivity contribution in [1.29, 1.82) is 10.5 Å². The molecule has 0 fully saturated rings. The van der Waals surface area contributed by atoms with Crippen LogP contribution in [0.5, 0.6) is 0 Å². The zero-order valence-electron chi connectivity index (χ0n) is 26.4. The third-order valence-corrected chi connectivity index (χ3v) is 9.65. The SMILES string of the molecule is N#Cc1cc(C#N)c(-c2c3ccccc3c(-c3ccccc3)c3ccccc23)c(-c2ccc(-n3c4ccccc4c4ccccc43)cc2)c1. The maximum absolute atomic E-state index is 10.7.